The molecule has 1 unspecified atom stereocenters. The minimum absolute atomic E-state index is 0.233. The van der Waals surface area contributed by atoms with Crippen molar-refractivity contribution >= 4 is 12.1 Å². The zero-order valence-electron chi connectivity index (χ0n) is 15.2. The summed E-state index contributed by atoms with van der Waals surface area (Å²) in [5.41, 5.74) is -2.73. The van der Waals surface area contributed by atoms with Gasteiger partial charge in [-0.1, -0.05) is 30.3 Å². The van der Waals surface area contributed by atoms with E-state index in [1.165, 1.54) is 24.3 Å². The minimum atomic E-state index is -3.32. The number of aliphatic carboxylic acids is 1. The van der Waals surface area contributed by atoms with Crippen LogP contribution < -0.4 is 5.32 Å². The highest BCUT2D eigenvalue weighted by Crippen LogP contribution is 2.52. The Labute approximate surface area is 151 Å². The molecule has 1 aliphatic rings. The molecule has 0 saturated heterocycles. The molecule has 7 heteroatoms. The Morgan fingerprint density at radius 3 is 2.23 bits per heavy atom. The Bertz CT molecular complexity index is 653. The van der Waals surface area contributed by atoms with Crippen LogP contribution in [0.5, 0.6) is 0 Å². The molecule has 1 fully saturated rings. The van der Waals surface area contributed by atoms with Gasteiger partial charge < -0.3 is 15.2 Å². The van der Waals surface area contributed by atoms with Crippen molar-refractivity contribution in [2.75, 3.05) is 6.54 Å². The van der Waals surface area contributed by atoms with Gasteiger partial charge in [0.25, 0.3) is 5.92 Å². The number of carboxylic acid groups (broad SMARTS) is 1. The van der Waals surface area contributed by atoms with Crippen LogP contribution >= 0.6 is 0 Å². The van der Waals surface area contributed by atoms with Crippen LogP contribution in [0.25, 0.3) is 0 Å². The number of alkyl halides is 2. The van der Waals surface area contributed by atoms with E-state index in [9.17, 15) is 23.5 Å². The molecule has 144 valence electrons. The predicted octanol–water partition coefficient (Wildman–Crippen LogP) is 4.17. The van der Waals surface area contributed by atoms with Crippen molar-refractivity contribution in [1.82, 2.24) is 5.32 Å². The molecular formula is C19H25F2NO4. The fourth-order valence-corrected chi connectivity index (χ4v) is 3.04. The Morgan fingerprint density at radius 2 is 1.77 bits per heavy atom. The van der Waals surface area contributed by atoms with Gasteiger partial charge in [-0.05, 0) is 39.5 Å². The lowest BCUT2D eigenvalue weighted by Gasteiger charge is -2.33. The van der Waals surface area contributed by atoms with Gasteiger partial charge in [0.1, 0.15) is 5.60 Å². The summed E-state index contributed by atoms with van der Waals surface area (Å²) in [6, 6.07) is 7.15. The first-order chi connectivity index (χ1) is 12.0. The summed E-state index contributed by atoms with van der Waals surface area (Å²) in [6.07, 6.45) is -0.591. The summed E-state index contributed by atoms with van der Waals surface area (Å²) < 4.78 is 34.7. The number of nitrogens with one attached hydrogen (secondary N) is 1. The summed E-state index contributed by atoms with van der Waals surface area (Å²) in [4.78, 5) is 23.9. The number of carboxylic acids is 1. The number of carbonyl (C=O) groups is 2. The molecule has 2 rings (SSSR count). The van der Waals surface area contributed by atoms with Crippen molar-refractivity contribution in [2.24, 2.45) is 11.3 Å². The molecule has 0 radical (unpaired) electrons. The molecule has 2 N–H and O–H groups in total. The average molecular weight is 369 g/mol. The van der Waals surface area contributed by atoms with Crippen LogP contribution in [0.15, 0.2) is 30.3 Å². The molecule has 0 aromatic heterocycles. The van der Waals surface area contributed by atoms with E-state index >= 15 is 0 Å². The van der Waals surface area contributed by atoms with Gasteiger partial charge in [-0.25, -0.2) is 13.6 Å². The first-order valence-corrected chi connectivity index (χ1v) is 8.60. The van der Waals surface area contributed by atoms with Gasteiger partial charge in [-0.15, -0.1) is 0 Å². The van der Waals surface area contributed by atoms with Crippen molar-refractivity contribution in [3.05, 3.63) is 35.9 Å². The van der Waals surface area contributed by atoms with Crippen LogP contribution in [0, 0.1) is 11.3 Å². The highest BCUT2D eigenvalue weighted by Gasteiger charge is 2.56. The number of ether oxygens (including phenoxy) is 1. The standard InChI is InChI=1S/C19H25F2NO4/c1-17(2,3)26-16(25)22-12-18(15(23)24,13-9-10-13)11-19(20,21)14-7-5-4-6-8-14/h4-8,13H,9-12H2,1-3H3,(H,22,25)(H,23,24). The Hall–Kier alpha value is -2.18. The van der Waals surface area contributed by atoms with Crippen molar-refractivity contribution in [3.63, 3.8) is 0 Å². The van der Waals surface area contributed by atoms with Crippen molar-refractivity contribution < 1.29 is 28.2 Å². The van der Waals surface area contributed by atoms with E-state index in [1.54, 1.807) is 26.8 Å². The van der Waals surface area contributed by atoms with Crippen molar-refractivity contribution in [2.45, 2.75) is 51.6 Å². The number of halogens is 2. The average Bonchev–Trinajstić information content (AvgIpc) is 3.35. The van der Waals surface area contributed by atoms with E-state index in [0.717, 1.165) is 0 Å². The lowest BCUT2D eigenvalue weighted by molar-refractivity contribution is -0.158. The van der Waals surface area contributed by atoms with Crippen LogP contribution in [-0.4, -0.2) is 29.3 Å². The third-order valence-electron chi connectivity index (χ3n) is 4.47. The summed E-state index contributed by atoms with van der Waals surface area (Å²) in [6.45, 7) is 4.61. The van der Waals surface area contributed by atoms with Gasteiger partial charge >= 0.3 is 12.1 Å². The first kappa shape index (κ1) is 20.1. The summed E-state index contributed by atoms with van der Waals surface area (Å²) in [5, 5.41) is 12.1. The molecule has 1 saturated carbocycles. The molecule has 1 aliphatic carbocycles. The van der Waals surface area contributed by atoms with Gasteiger partial charge in [0, 0.05) is 18.5 Å². The lowest BCUT2D eigenvalue weighted by Crippen LogP contribution is -2.48. The Balaban J connectivity index is 2.20. The number of hydrogen-bond acceptors (Lipinski definition) is 3. The van der Waals surface area contributed by atoms with Gasteiger partial charge in [-0.2, -0.15) is 0 Å². The van der Waals surface area contributed by atoms with Gasteiger partial charge in [-0.3, -0.25) is 4.79 Å². The van der Waals surface area contributed by atoms with Crippen molar-refractivity contribution in [1.29, 1.82) is 0 Å². The highest BCUT2D eigenvalue weighted by molar-refractivity contribution is 5.77. The van der Waals surface area contributed by atoms with Crippen LogP contribution in [0.2, 0.25) is 0 Å². The molecule has 5 nitrogen and oxygen atoms in total. The molecule has 0 heterocycles. The summed E-state index contributed by atoms with van der Waals surface area (Å²) >= 11 is 0. The Kier molecular flexibility index (Phi) is 5.58. The molecular weight excluding hydrogens is 344 g/mol. The maximum absolute atomic E-state index is 14.8. The summed E-state index contributed by atoms with van der Waals surface area (Å²) in [5.74, 6) is -5.05. The predicted molar refractivity (Wildman–Crippen MR) is 92.0 cm³/mol. The largest absolute Gasteiger partial charge is 0.481 e. The zero-order valence-corrected chi connectivity index (χ0v) is 15.2. The first-order valence-electron chi connectivity index (χ1n) is 8.60. The smallest absolute Gasteiger partial charge is 0.407 e. The van der Waals surface area contributed by atoms with Gasteiger partial charge in [0.2, 0.25) is 0 Å². The fourth-order valence-electron chi connectivity index (χ4n) is 3.04. The number of carbonyl (C=O) groups excluding carboxylic acids is 1. The normalized spacial score (nSPS) is 17.3. The van der Waals surface area contributed by atoms with Crippen LogP contribution in [-0.2, 0) is 15.5 Å². The number of hydrogen-bond donors (Lipinski definition) is 2. The number of benzene rings is 1. The second kappa shape index (κ2) is 7.21. The van der Waals surface area contributed by atoms with Crippen LogP contribution in [0.4, 0.5) is 13.6 Å². The van der Waals surface area contributed by atoms with Crippen LogP contribution in [0.1, 0.15) is 45.6 Å². The molecule has 1 amide bonds. The van der Waals surface area contributed by atoms with E-state index in [2.05, 4.69) is 5.32 Å². The molecule has 26 heavy (non-hydrogen) atoms. The number of rotatable bonds is 7. The third-order valence-corrected chi connectivity index (χ3v) is 4.47. The minimum Gasteiger partial charge on any atom is -0.481 e. The second-order valence-corrected chi connectivity index (χ2v) is 7.84. The Morgan fingerprint density at radius 1 is 1.19 bits per heavy atom. The number of alkyl carbamates (subject to hydrolysis) is 1. The summed E-state index contributed by atoms with van der Waals surface area (Å²) in [7, 11) is 0. The molecule has 1 atom stereocenters. The highest BCUT2D eigenvalue weighted by atomic mass is 19.3. The van der Waals surface area contributed by atoms with E-state index in [-0.39, 0.29) is 5.56 Å². The van der Waals surface area contributed by atoms with E-state index in [4.69, 9.17) is 4.74 Å². The van der Waals surface area contributed by atoms with E-state index in [1.807, 2.05) is 0 Å². The van der Waals surface area contributed by atoms with Crippen LogP contribution in [0.3, 0.4) is 0 Å². The zero-order chi connectivity index (χ0) is 19.6. The maximum Gasteiger partial charge on any atom is 0.407 e. The maximum atomic E-state index is 14.8. The quantitative estimate of drug-likeness (QED) is 0.756. The molecule has 1 aromatic rings. The van der Waals surface area contributed by atoms with Gasteiger partial charge in [0.05, 0.1) is 5.41 Å². The SMILES string of the molecule is CC(C)(C)OC(=O)NCC(CC(F)(F)c1ccccc1)(C(=O)O)C1CC1. The second-order valence-electron chi connectivity index (χ2n) is 7.84. The topological polar surface area (TPSA) is 75.6 Å². The van der Waals surface area contributed by atoms with E-state index < -0.39 is 47.9 Å². The monoisotopic (exact) mass is 369 g/mol. The van der Waals surface area contributed by atoms with Gasteiger partial charge in [0.15, 0.2) is 0 Å². The fraction of sp³-hybridized carbons (Fsp3) is 0.579. The van der Waals surface area contributed by atoms with Crippen molar-refractivity contribution in [3.8, 4) is 0 Å². The molecule has 0 aliphatic heterocycles. The molecule has 0 bridgehead atoms. The van der Waals surface area contributed by atoms with E-state index in [0.29, 0.717) is 12.8 Å². The lowest BCUT2D eigenvalue weighted by atomic mass is 9.76. The number of amides is 1. The molecule has 1 aromatic carbocycles. The third kappa shape index (κ3) is 4.93. The molecule has 0 spiro atoms.